The third-order valence-corrected chi connectivity index (χ3v) is 8.66. The molecule has 4 saturated carbocycles. The molecule has 2 aromatic carbocycles. The minimum atomic E-state index is -0.323. The molecule has 0 unspecified atom stereocenters. The zero-order chi connectivity index (χ0) is 20.7. The fraction of sp³-hybridized carbons (Fsp3) is 0.480. The fourth-order valence-corrected chi connectivity index (χ4v) is 7.54. The smallest absolute Gasteiger partial charge is 0.234 e. The summed E-state index contributed by atoms with van der Waals surface area (Å²) in [6.45, 7) is 0. The summed E-state index contributed by atoms with van der Waals surface area (Å²) in [6, 6.07) is 13.2. The summed E-state index contributed by atoms with van der Waals surface area (Å²) < 4.78 is 13.8. The molecule has 0 radical (unpaired) electrons. The van der Waals surface area contributed by atoms with Gasteiger partial charge < -0.3 is 5.32 Å². The molecule has 6 rings (SSSR count). The summed E-state index contributed by atoms with van der Waals surface area (Å²) in [7, 11) is 0. The van der Waals surface area contributed by atoms with Crippen LogP contribution in [0.3, 0.4) is 0 Å². The standard InChI is InChI=1S/C25H27ClFNOS/c26-22-2-1-3-23(27)21(22)13-30-14-24(29)28-20-6-4-17(5-7-20)25-18-9-15-8-16(11-18)12-19(25)10-15/h1-7,15-16,18-19,25H,8-14H2,(H,28,29). The Hall–Kier alpha value is -1.52. The van der Waals surface area contributed by atoms with Crippen molar-refractivity contribution in [2.45, 2.75) is 43.8 Å². The molecule has 4 aliphatic carbocycles. The molecule has 2 aromatic rings. The highest BCUT2D eigenvalue weighted by Crippen LogP contribution is 2.59. The Bertz CT molecular complexity index is 883. The van der Waals surface area contributed by atoms with Crippen LogP contribution in [-0.4, -0.2) is 11.7 Å². The van der Waals surface area contributed by atoms with Gasteiger partial charge in [-0.2, -0.15) is 0 Å². The molecule has 5 heteroatoms. The Balaban J connectivity index is 1.15. The van der Waals surface area contributed by atoms with Gasteiger partial charge in [-0.15, -0.1) is 11.8 Å². The van der Waals surface area contributed by atoms with E-state index in [1.54, 1.807) is 12.1 Å². The van der Waals surface area contributed by atoms with Crippen molar-refractivity contribution in [1.82, 2.24) is 0 Å². The quantitative estimate of drug-likeness (QED) is 0.526. The first-order valence-electron chi connectivity index (χ1n) is 11.0. The van der Waals surface area contributed by atoms with Gasteiger partial charge in [-0.1, -0.05) is 29.8 Å². The number of carbonyl (C=O) groups is 1. The number of rotatable bonds is 6. The Morgan fingerprint density at radius 2 is 1.67 bits per heavy atom. The van der Waals surface area contributed by atoms with E-state index in [1.807, 2.05) is 12.1 Å². The van der Waals surface area contributed by atoms with Crippen LogP contribution in [0.2, 0.25) is 5.02 Å². The largest absolute Gasteiger partial charge is 0.325 e. The predicted molar refractivity (Wildman–Crippen MR) is 122 cm³/mol. The van der Waals surface area contributed by atoms with Gasteiger partial charge in [0.25, 0.3) is 0 Å². The first kappa shape index (κ1) is 20.4. The van der Waals surface area contributed by atoms with Crippen LogP contribution in [0.5, 0.6) is 0 Å². The van der Waals surface area contributed by atoms with Crippen molar-refractivity contribution in [3.05, 3.63) is 64.4 Å². The molecule has 4 bridgehead atoms. The number of hydrogen-bond donors (Lipinski definition) is 1. The van der Waals surface area contributed by atoms with E-state index in [0.717, 1.165) is 29.4 Å². The highest BCUT2D eigenvalue weighted by molar-refractivity contribution is 7.99. The van der Waals surface area contributed by atoms with Gasteiger partial charge in [-0.05, 0) is 91.5 Å². The van der Waals surface area contributed by atoms with E-state index in [1.165, 1.54) is 55.5 Å². The molecule has 1 amide bonds. The third-order valence-electron chi connectivity index (χ3n) is 7.35. The maximum absolute atomic E-state index is 13.8. The molecule has 0 saturated heterocycles. The number of carbonyl (C=O) groups excluding carboxylic acids is 1. The minimum absolute atomic E-state index is 0.0742. The predicted octanol–water partition coefficient (Wildman–Crippen LogP) is 6.89. The molecule has 0 atom stereocenters. The van der Waals surface area contributed by atoms with Gasteiger partial charge in [-0.25, -0.2) is 4.39 Å². The van der Waals surface area contributed by atoms with Crippen molar-refractivity contribution in [3.8, 4) is 0 Å². The summed E-state index contributed by atoms with van der Waals surface area (Å²) in [5.74, 6) is 4.66. The molecule has 0 aliphatic heterocycles. The number of anilines is 1. The molecule has 158 valence electrons. The first-order valence-corrected chi connectivity index (χ1v) is 12.5. The minimum Gasteiger partial charge on any atom is -0.325 e. The first-order chi connectivity index (χ1) is 14.6. The SMILES string of the molecule is O=C(CSCc1c(F)cccc1Cl)Nc1ccc(C2C3CC4CC(C3)CC2C4)cc1. The lowest BCUT2D eigenvalue weighted by Gasteiger charge is -2.54. The highest BCUT2D eigenvalue weighted by Gasteiger charge is 2.48. The molecule has 2 nitrogen and oxygen atoms in total. The summed E-state index contributed by atoms with van der Waals surface area (Å²) in [4.78, 5) is 12.3. The number of halogens is 2. The summed E-state index contributed by atoms with van der Waals surface area (Å²) in [6.07, 6.45) is 7.14. The maximum Gasteiger partial charge on any atom is 0.234 e. The zero-order valence-electron chi connectivity index (χ0n) is 17.0. The summed E-state index contributed by atoms with van der Waals surface area (Å²) in [5.41, 5.74) is 2.74. The molecule has 0 heterocycles. The Kier molecular flexibility index (Phi) is 5.81. The van der Waals surface area contributed by atoms with Gasteiger partial charge in [0, 0.05) is 22.0 Å². The van der Waals surface area contributed by atoms with Crippen molar-refractivity contribution in [2.24, 2.45) is 23.7 Å². The van der Waals surface area contributed by atoms with Crippen molar-refractivity contribution < 1.29 is 9.18 Å². The maximum atomic E-state index is 13.8. The van der Waals surface area contributed by atoms with E-state index in [0.29, 0.717) is 22.3 Å². The van der Waals surface area contributed by atoms with Gasteiger partial charge in [0.05, 0.1) is 5.75 Å². The van der Waals surface area contributed by atoms with E-state index in [-0.39, 0.29) is 17.5 Å². The molecule has 0 spiro atoms. The highest BCUT2D eigenvalue weighted by atomic mass is 35.5. The van der Waals surface area contributed by atoms with Crippen LogP contribution in [0.1, 0.15) is 49.1 Å². The molecule has 1 N–H and O–H groups in total. The van der Waals surface area contributed by atoms with Gasteiger partial charge >= 0.3 is 0 Å². The third kappa shape index (κ3) is 4.13. The lowest BCUT2D eigenvalue weighted by atomic mass is 9.51. The Labute approximate surface area is 187 Å². The molecule has 30 heavy (non-hydrogen) atoms. The molecule has 4 aliphatic rings. The molecular weight excluding hydrogens is 417 g/mol. The average Bonchev–Trinajstić information content (AvgIpc) is 2.71. The van der Waals surface area contributed by atoms with Crippen LogP contribution >= 0.6 is 23.4 Å². The summed E-state index contributed by atoms with van der Waals surface area (Å²) in [5, 5.41) is 3.37. The number of hydrogen-bond acceptors (Lipinski definition) is 2. The van der Waals surface area contributed by atoms with Gasteiger partial charge in [-0.3, -0.25) is 4.79 Å². The van der Waals surface area contributed by atoms with Crippen LogP contribution in [0.4, 0.5) is 10.1 Å². The Morgan fingerprint density at radius 3 is 2.30 bits per heavy atom. The zero-order valence-corrected chi connectivity index (χ0v) is 18.5. The van der Waals surface area contributed by atoms with Gasteiger partial charge in [0.2, 0.25) is 5.91 Å². The van der Waals surface area contributed by atoms with Crippen LogP contribution in [0, 0.1) is 29.5 Å². The van der Waals surface area contributed by atoms with Crippen LogP contribution in [0.25, 0.3) is 0 Å². The van der Waals surface area contributed by atoms with Crippen molar-refractivity contribution >= 4 is 35.0 Å². The number of benzene rings is 2. The van der Waals surface area contributed by atoms with Gasteiger partial charge in [0.1, 0.15) is 5.82 Å². The second-order valence-electron chi connectivity index (χ2n) is 9.32. The number of nitrogens with one attached hydrogen (secondary N) is 1. The van der Waals surface area contributed by atoms with E-state index >= 15 is 0 Å². The second kappa shape index (κ2) is 8.55. The Morgan fingerprint density at radius 1 is 1.00 bits per heavy atom. The van der Waals surface area contributed by atoms with Crippen LogP contribution in [-0.2, 0) is 10.5 Å². The van der Waals surface area contributed by atoms with Gasteiger partial charge in [0.15, 0.2) is 0 Å². The van der Waals surface area contributed by atoms with Crippen molar-refractivity contribution in [3.63, 3.8) is 0 Å². The van der Waals surface area contributed by atoms with E-state index in [2.05, 4.69) is 17.4 Å². The van der Waals surface area contributed by atoms with Crippen molar-refractivity contribution in [1.29, 1.82) is 0 Å². The topological polar surface area (TPSA) is 29.1 Å². The monoisotopic (exact) mass is 443 g/mol. The van der Waals surface area contributed by atoms with E-state index in [9.17, 15) is 9.18 Å². The fourth-order valence-electron chi connectivity index (χ4n) is 6.37. The van der Waals surface area contributed by atoms with E-state index in [4.69, 9.17) is 11.6 Å². The van der Waals surface area contributed by atoms with E-state index < -0.39 is 0 Å². The number of thioether (sulfide) groups is 1. The lowest BCUT2D eigenvalue weighted by Crippen LogP contribution is -2.43. The second-order valence-corrected chi connectivity index (χ2v) is 10.7. The molecule has 4 fully saturated rings. The van der Waals surface area contributed by atoms with Crippen LogP contribution < -0.4 is 5.32 Å². The lowest BCUT2D eigenvalue weighted by molar-refractivity contribution is -0.113. The van der Waals surface area contributed by atoms with Crippen molar-refractivity contribution in [2.75, 3.05) is 11.1 Å². The summed E-state index contributed by atoms with van der Waals surface area (Å²) >= 11 is 7.41. The molecule has 0 aromatic heterocycles. The number of amides is 1. The molecular formula is C25H27ClFNOS. The normalized spacial score (nSPS) is 29.2. The average molecular weight is 444 g/mol. The van der Waals surface area contributed by atoms with Crippen LogP contribution in [0.15, 0.2) is 42.5 Å².